The maximum Gasteiger partial charge on any atom is 0.272 e. The molecule has 2 aromatic heterocycles. The molecule has 0 N–H and O–H groups in total. The molecule has 1 fully saturated rings. The monoisotopic (exact) mass is 313 g/mol. The summed E-state index contributed by atoms with van der Waals surface area (Å²) in [7, 11) is 0. The van der Waals surface area contributed by atoms with E-state index < -0.39 is 0 Å². The first-order chi connectivity index (χ1) is 11.1. The SMILES string of the molecule is Cc1nccc(C(=O)N2CCC[C@@H](n3ccnc3C(C)C)C2)n1. The van der Waals surface area contributed by atoms with Crippen LogP contribution in [-0.4, -0.2) is 43.4 Å². The van der Waals surface area contributed by atoms with Gasteiger partial charge in [-0.1, -0.05) is 13.8 Å². The van der Waals surface area contributed by atoms with Crippen LogP contribution in [0.15, 0.2) is 24.7 Å². The summed E-state index contributed by atoms with van der Waals surface area (Å²) < 4.78 is 2.23. The Morgan fingerprint density at radius 2 is 2.13 bits per heavy atom. The van der Waals surface area contributed by atoms with E-state index in [9.17, 15) is 4.79 Å². The van der Waals surface area contributed by atoms with Crippen molar-refractivity contribution >= 4 is 5.91 Å². The predicted octanol–water partition coefficient (Wildman–Crippen LogP) is 2.58. The molecule has 3 heterocycles. The average Bonchev–Trinajstić information content (AvgIpc) is 3.04. The lowest BCUT2D eigenvalue weighted by molar-refractivity contribution is 0.0671. The highest BCUT2D eigenvalue weighted by Crippen LogP contribution is 2.26. The first-order valence-corrected chi connectivity index (χ1v) is 8.18. The number of imidazole rings is 1. The Morgan fingerprint density at radius 3 is 2.87 bits per heavy atom. The zero-order valence-corrected chi connectivity index (χ0v) is 13.9. The number of piperidine rings is 1. The molecule has 1 aliphatic heterocycles. The van der Waals surface area contributed by atoms with Crippen molar-refractivity contribution in [1.29, 1.82) is 0 Å². The molecule has 0 aromatic carbocycles. The molecule has 1 atom stereocenters. The van der Waals surface area contributed by atoms with E-state index in [1.165, 1.54) is 0 Å². The molecule has 0 spiro atoms. The van der Waals surface area contributed by atoms with E-state index >= 15 is 0 Å². The molecule has 0 unspecified atom stereocenters. The smallest absolute Gasteiger partial charge is 0.272 e. The van der Waals surface area contributed by atoms with Gasteiger partial charge in [-0.2, -0.15) is 0 Å². The van der Waals surface area contributed by atoms with E-state index in [1.807, 2.05) is 17.3 Å². The lowest BCUT2D eigenvalue weighted by atomic mass is 10.0. The van der Waals surface area contributed by atoms with Crippen molar-refractivity contribution in [2.75, 3.05) is 13.1 Å². The van der Waals surface area contributed by atoms with Gasteiger partial charge < -0.3 is 9.47 Å². The van der Waals surface area contributed by atoms with Crippen LogP contribution in [0, 0.1) is 6.92 Å². The average molecular weight is 313 g/mol. The van der Waals surface area contributed by atoms with E-state index in [0.29, 0.717) is 24.0 Å². The van der Waals surface area contributed by atoms with Crippen LogP contribution in [0.4, 0.5) is 0 Å². The van der Waals surface area contributed by atoms with Crippen LogP contribution in [0.2, 0.25) is 0 Å². The van der Waals surface area contributed by atoms with Crippen molar-refractivity contribution in [3.05, 3.63) is 42.0 Å². The summed E-state index contributed by atoms with van der Waals surface area (Å²) in [6.07, 6.45) is 7.59. The van der Waals surface area contributed by atoms with Crippen molar-refractivity contribution in [2.45, 2.75) is 45.6 Å². The molecule has 3 rings (SSSR count). The molecule has 0 aliphatic carbocycles. The highest BCUT2D eigenvalue weighted by atomic mass is 16.2. The fourth-order valence-corrected chi connectivity index (χ4v) is 3.18. The van der Waals surface area contributed by atoms with Gasteiger partial charge >= 0.3 is 0 Å². The molecule has 2 aromatic rings. The molecule has 6 heteroatoms. The molecule has 1 aliphatic rings. The first kappa shape index (κ1) is 15.6. The van der Waals surface area contributed by atoms with Crippen LogP contribution >= 0.6 is 0 Å². The fourth-order valence-electron chi connectivity index (χ4n) is 3.18. The van der Waals surface area contributed by atoms with Gasteiger partial charge in [0.25, 0.3) is 5.91 Å². The fraction of sp³-hybridized carbons (Fsp3) is 0.529. The molecule has 1 amide bonds. The van der Waals surface area contributed by atoms with Crippen LogP contribution in [0.1, 0.15) is 60.8 Å². The number of hydrogen-bond donors (Lipinski definition) is 0. The van der Waals surface area contributed by atoms with Crippen molar-refractivity contribution in [1.82, 2.24) is 24.4 Å². The highest BCUT2D eigenvalue weighted by Gasteiger charge is 2.27. The second-order valence-corrected chi connectivity index (χ2v) is 6.38. The van der Waals surface area contributed by atoms with Gasteiger partial charge in [0, 0.05) is 37.6 Å². The normalized spacial score (nSPS) is 18.4. The molecular formula is C17H23N5O. The third-order valence-electron chi connectivity index (χ3n) is 4.29. The van der Waals surface area contributed by atoms with E-state index in [0.717, 1.165) is 25.2 Å². The van der Waals surface area contributed by atoms with E-state index in [2.05, 4.69) is 33.4 Å². The summed E-state index contributed by atoms with van der Waals surface area (Å²) in [5.41, 5.74) is 0.480. The molecule has 6 nitrogen and oxygen atoms in total. The zero-order valence-electron chi connectivity index (χ0n) is 13.9. The molecule has 1 saturated heterocycles. The third kappa shape index (κ3) is 3.25. The van der Waals surface area contributed by atoms with Crippen molar-refractivity contribution in [2.24, 2.45) is 0 Å². The predicted molar refractivity (Wildman–Crippen MR) is 87.3 cm³/mol. The molecule has 0 saturated carbocycles. The number of nitrogens with zero attached hydrogens (tertiary/aromatic N) is 5. The number of carbonyl (C=O) groups excluding carboxylic acids is 1. The van der Waals surface area contributed by atoms with Crippen molar-refractivity contribution in [3.63, 3.8) is 0 Å². The van der Waals surface area contributed by atoms with Gasteiger partial charge in [0.1, 0.15) is 17.3 Å². The van der Waals surface area contributed by atoms with Gasteiger partial charge in [0.15, 0.2) is 0 Å². The van der Waals surface area contributed by atoms with E-state index in [-0.39, 0.29) is 11.9 Å². The largest absolute Gasteiger partial charge is 0.335 e. The van der Waals surface area contributed by atoms with Crippen LogP contribution in [0.25, 0.3) is 0 Å². The molecule has 122 valence electrons. The number of rotatable bonds is 3. The highest BCUT2D eigenvalue weighted by molar-refractivity contribution is 5.92. The minimum atomic E-state index is -0.00795. The van der Waals surface area contributed by atoms with Crippen LogP contribution in [-0.2, 0) is 0 Å². The number of carbonyl (C=O) groups is 1. The van der Waals surface area contributed by atoms with E-state index in [1.54, 1.807) is 19.2 Å². The second-order valence-electron chi connectivity index (χ2n) is 6.38. The number of likely N-dealkylation sites (tertiary alicyclic amines) is 1. The molecular weight excluding hydrogens is 290 g/mol. The summed E-state index contributed by atoms with van der Waals surface area (Å²) in [5, 5.41) is 0. The van der Waals surface area contributed by atoms with Gasteiger partial charge in [0.2, 0.25) is 0 Å². The zero-order chi connectivity index (χ0) is 16.4. The lowest BCUT2D eigenvalue weighted by Gasteiger charge is -2.34. The Labute approximate surface area is 136 Å². The minimum absolute atomic E-state index is 0.00795. The van der Waals surface area contributed by atoms with Crippen LogP contribution < -0.4 is 0 Å². The van der Waals surface area contributed by atoms with Gasteiger partial charge in [-0.05, 0) is 25.8 Å². The third-order valence-corrected chi connectivity index (χ3v) is 4.29. The van der Waals surface area contributed by atoms with Gasteiger partial charge in [-0.15, -0.1) is 0 Å². The number of amides is 1. The van der Waals surface area contributed by atoms with Gasteiger partial charge in [-0.25, -0.2) is 15.0 Å². The lowest BCUT2D eigenvalue weighted by Crippen LogP contribution is -2.41. The van der Waals surface area contributed by atoms with Crippen LogP contribution in [0.3, 0.4) is 0 Å². The summed E-state index contributed by atoms with van der Waals surface area (Å²) in [6.45, 7) is 7.58. The maximum absolute atomic E-state index is 12.7. The number of aryl methyl sites for hydroxylation is 1. The maximum atomic E-state index is 12.7. The summed E-state index contributed by atoms with van der Waals surface area (Å²) in [6, 6.07) is 1.98. The quantitative estimate of drug-likeness (QED) is 0.873. The standard InChI is InChI=1S/C17H23N5O/c1-12(2)16-19-8-10-22(16)14-5-4-9-21(11-14)17(23)15-6-7-18-13(3)20-15/h6-8,10,12,14H,4-5,9,11H2,1-3H3/t14-/m1/s1. The molecule has 0 radical (unpaired) electrons. The van der Waals surface area contributed by atoms with Gasteiger partial charge in [-0.3, -0.25) is 4.79 Å². The Hall–Kier alpha value is -2.24. The minimum Gasteiger partial charge on any atom is -0.335 e. The number of hydrogen-bond acceptors (Lipinski definition) is 4. The molecule has 23 heavy (non-hydrogen) atoms. The molecule has 0 bridgehead atoms. The Bertz CT molecular complexity index is 694. The Balaban J connectivity index is 1.78. The summed E-state index contributed by atoms with van der Waals surface area (Å²) in [4.78, 5) is 27.4. The summed E-state index contributed by atoms with van der Waals surface area (Å²) in [5.74, 6) is 2.08. The number of aromatic nitrogens is 4. The van der Waals surface area contributed by atoms with Crippen molar-refractivity contribution in [3.8, 4) is 0 Å². The summed E-state index contributed by atoms with van der Waals surface area (Å²) >= 11 is 0. The Kier molecular flexibility index (Phi) is 4.41. The van der Waals surface area contributed by atoms with Crippen molar-refractivity contribution < 1.29 is 4.79 Å². The second kappa shape index (κ2) is 6.48. The topological polar surface area (TPSA) is 63.9 Å². The van der Waals surface area contributed by atoms with Crippen LogP contribution in [0.5, 0.6) is 0 Å². The van der Waals surface area contributed by atoms with E-state index in [4.69, 9.17) is 0 Å². The van der Waals surface area contributed by atoms with Gasteiger partial charge in [0.05, 0.1) is 6.04 Å². The first-order valence-electron chi connectivity index (χ1n) is 8.18. The Morgan fingerprint density at radius 1 is 1.30 bits per heavy atom.